The quantitative estimate of drug-likeness (QED) is 0.274. The molecule has 0 unspecified atom stereocenters. The molecule has 1 atom stereocenters. The van der Waals surface area contributed by atoms with E-state index in [4.69, 9.17) is 23.9 Å². The number of ether oxygens (including phenoxy) is 4. The van der Waals surface area contributed by atoms with Crippen LogP contribution in [-0.2, 0) is 14.3 Å². The van der Waals surface area contributed by atoms with E-state index in [1.807, 2.05) is 19.1 Å². The molecule has 5 rings (SSSR count). The van der Waals surface area contributed by atoms with Crippen LogP contribution in [0.25, 0.3) is 6.08 Å². The molecule has 45 heavy (non-hydrogen) atoms. The van der Waals surface area contributed by atoms with Gasteiger partial charge in [0, 0.05) is 23.1 Å². The summed E-state index contributed by atoms with van der Waals surface area (Å²) < 4.78 is 25.3. The lowest BCUT2D eigenvalue weighted by atomic mass is 9.93. The van der Waals surface area contributed by atoms with Gasteiger partial charge in [0.15, 0.2) is 22.9 Å². The fourth-order valence-electron chi connectivity index (χ4n) is 5.58. The molecule has 0 aliphatic carbocycles. The Bertz CT molecular complexity index is 1810. The molecular weight excluding hydrogens is 662 g/mol. The van der Waals surface area contributed by atoms with Gasteiger partial charge in [0.25, 0.3) is 11.5 Å². The molecule has 3 aromatic rings. The zero-order valence-electron chi connectivity index (χ0n) is 25.8. The van der Waals surface area contributed by atoms with E-state index in [2.05, 4.69) is 15.9 Å². The van der Waals surface area contributed by atoms with Crippen LogP contribution in [0.2, 0.25) is 0 Å². The smallest absolute Gasteiger partial charge is 0.338 e. The number of fused-ring (bicyclic) bond motifs is 1. The summed E-state index contributed by atoms with van der Waals surface area (Å²) in [5, 5.41) is 0. The van der Waals surface area contributed by atoms with Gasteiger partial charge in [-0.15, -0.1) is 0 Å². The summed E-state index contributed by atoms with van der Waals surface area (Å²) in [7, 11) is 3.08. The summed E-state index contributed by atoms with van der Waals surface area (Å²) in [6.07, 6.45) is 5.06. The first-order valence-electron chi connectivity index (χ1n) is 14.9. The van der Waals surface area contributed by atoms with Crippen molar-refractivity contribution in [1.82, 2.24) is 9.47 Å². The number of benzene rings is 2. The second-order valence-corrected chi connectivity index (χ2v) is 12.5. The third-order valence-corrected chi connectivity index (χ3v) is 9.15. The minimum atomic E-state index is -0.810. The molecule has 1 fully saturated rings. The highest BCUT2D eigenvalue weighted by molar-refractivity contribution is 9.10. The van der Waals surface area contributed by atoms with Gasteiger partial charge in [0.1, 0.15) is 11.8 Å². The maximum atomic E-state index is 14.2. The first kappa shape index (κ1) is 32.5. The fraction of sp³-hybridized carbons (Fsp3) is 0.394. The SMILES string of the molecule is CCCC1=C(C(=O)OCC)[C@H](c2cc(Br)ccc2OC)n2c(s/c(=C\c3ccc(OCC(=O)N4CCCC4)c(OC)c3)c2=O)=N1. The molecule has 0 spiro atoms. The van der Waals surface area contributed by atoms with Gasteiger partial charge >= 0.3 is 5.97 Å². The van der Waals surface area contributed by atoms with E-state index >= 15 is 0 Å². The number of hydrogen-bond donors (Lipinski definition) is 0. The van der Waals surface area contributed by atoms with E-state index in [1.165, 1.54) is 18.4 Å². The normalized spacial score (nSPS) is 16.3. The van der Waals surface area contributed by atoms with E-state index in [9.17, 15) is 14.4 Å². The highest BCUT2D eigenvalue weighted by atomic mass is 79.9. The molecule has 1 aromatic heterocycles. The zero-order valence-corrected chi connectivity index (χ0v) is 28.2. The van der Waals surface area contributed by atoms with Crippen LogP contribution in [0.1, 0.15) is 56.7 Å². The molecule has 3 heterocycles. The molecule has 2 aliphatic rings. The van der Waals surface area contributed by atoms with Crippen LogP contribution < -0.4 is 29.1 Å². The van der Waals surface area contributed by atoms with Crippen molar-refractivity contribution in [2.24, 2.45) is 4.99 Å². The van der Waals surface area contributed by atoms with Crippen LogP contribution in [0, 0.1) is 0 Å². The lowest BCUT2D eigenvalue weighted by Crippen LogP contribution is -2.40. The molecule has 2 aliphatic heterocycles. The Labute approximate surface area is 273 Å². The van der Waals surface area contributed by atoms with Crippen molar-refractivity contribution in [1.29, 1.82) is 0 Å². The lowest BCUT2D eigenvalue weighted by molar-refractivity contribution is -0.139. The van der Waals surface area contributed by atoms with Crippen LogP contribution in [0.4, 0.5) is 0 Å². The topological polar surface area (TPSA) is 109 Å². The Morgan fingerprint density at radius 2 is 1.78 bits per heavy atom. The molecule has 12 heteroatoms. The third-order valence-electron chi connectivity index (χ3n) is 7.67. The Morgan fingerprint density at radius 3 is 2.47 bits per heavy atom. The Hall–Kier alpha value is -3.90. The van der Waals surface area contributed by atoms with Gasteiger partial charge in [-0.3, -0.25) is 14.2 Å². The van der Waals surface area contributed by atoms with E-state index < -0.39 is 12.0 Å². The number of carbonyl (C=O) groups excluding carboxylic acids is 2. The standard InChI is InChI=1S/C33H36BrN3O7S/c1-5-9-23-29(32(40)43-6-2)30(22-18-21(34)11-13-24(22)41-3)37-31(39)27(45-33(37)35-23)17-20-10-12-25(26(16-20)42-4)44-19-28(38)36-14-7-8-15-36/h10-13,16-18,30H,5-9,14-15,19H2,1-4H3/b27-17-/t30-/m0/s1. The van der Waals surface area contributed by atoms with Gasteiger partial charge in [0.2, 0.25) is 0 Å². The number of halogens is 1. The van der Waals surface area contributed by atoms with Crippen molar-refractivity contribution in [3.8, 4) is 17.2 Å². The largest absolute Gasteiger partial charge is 0.496 e. The number of amides is 1. The molecule has 0 saturated carbocycles. The molecular formula is C33H36BrN3O7S. The number of rotatable bonds is 11. The Kier molecular flexibility index (Phi) is 10.4. The van der Waals surface area contributed by atoms with Crippen molar-refractivity contribution in [2.75, 3.05) is 40.5 Å². The average Bonchev–Trinajstić information content (AvgIpc) is 3.68. The first-order chi connectivity index (χ1) is 21.8. The third kappa shape index (κ3) is 6.86. The van der Waals surface area contributed by atoms with Gasteiger partial charge in [-0.25, -0.2) is 9.79 Å². The van der Waals surface area contributed by atoms with Gasteiger partial charge < -0.3 is 23.8 Å². The minimum Gasteiger partial charge on any atom is -0.496 e. The average molecular weight is 699 g/mol. The van der Waals surface area contributed by atoms with Crippen molar-refractivity contribution in [3.05, 3.63) is 83.0 Å². The fourth-order valence-corrected chi connectivity index (χ4v) is 6.97. The van der Waals surface area contributed by atoms with Crippen molar-refractivity contribution < 1.29 is 28.5 Å². The minimum absolute atomic E-state index is 0.0546. The lowest BCUT2D eigenvalue weighted by Gasteiger charge is -2.27. The van der Waals surface area contributed by atoms with Crippen LogP contribution in [0.5, 0.6) is 17.2 Å². The summed E-state index contributed by atoms with van der Waals surface area (Å²) in [6, 6.07) is 9.98. The number of nitrogens with zero attached hydrogens (tertiary/aromatic N) is 3. The number of esters is 1. The van der Waals surface area contributed by atoms with Crippen LogP contribution >= 0.6 is 27.3 Å². The molecule has 10 nitrogen and oxygen atoms in total. The number of allylic oxidation sites excluding steroid dienone is 1. The highest BCUT2D eigenvalue weighted by Gasteiger charge is 2.36. The van der Waals surface area contributed by atoms with E-state index in [1.54, 1.807) is 53.8 Å². The molecule has 1 amide bonds. The molecule has 0 radical (unpaired) electrons. The summed E-state index contributed by atoms with van der Waals surface area (Å²) in [5.74, 6) is 0.836. The van der Waals surface area contributed by atoms with E-state index in [0.29, 0.717) is 55.4 Å². The Balaban J connectivity index is 1.59. The summed E-state index contributed by atoms with van der Waals surface area (Å²) >= 11 is 4.79. The maximum Gasteiger partial charge on any atom is 0.338 e. The summed E-state index contributed by atoms with van der Waals surface area (Å²) in [6.45, 7) is 5.38. The van der Waals surface area contributed by atoms with Gasteiger partial charge in [-0.05, 0) is 68.2 Å². The zero-order chi connectivity index (χ0) is 32.1. The molecule has 0 N–H and O–H groups in total. The van der Waals surface area contributed by atoms with Crippen molar-refractivity contribution in [2.45, 2.75) is 45.6 Å². The molecule has 0 bridgehead atoms. The number of likely N-dealkylation sites (tertiary alicyclic amines) is 1. The maximum absolute atomic E-state index is 14.2. The number of hydrogen-bond acceptors (Lipinski definition) is 9. The van der Waals surface area contributed by atoms with Gasteiger partial charge in [-0.1, -0.05) is 46.7 Å². The van der Waals surface area contributed by atoms with Crippen molar-refractivity contribution in [3.63, 3.8) is 0 Å². The Morgan fingerprint density at radius 1 is 1.04 bits per heavy atom. The second-order valence-electron chi connectivity index (χ2n) is 10.6. The number of thiazole rings is 1. The van der Waals surface area contributed by atoms with E-state index in [0.717, 1.165) is 36.8 Å². The molecule has 1 saturated heterocycles. The van der Waals surface area contributed by atoms with Gasteiger partial charge in [-0.2, -0.15) is 0 Å². The second kappa shape index (κ2) is 14.5. The van der Waals surface area contributed by atoms with Crippen LogP contribution in [-0.4, -0.2) is 61.9 Å². The van der Waals surface area contributed by atoms with Gasteiger partial charge in [0.05, 0.1) is 36.6 Å². The number of carbonyl (C=O) groups is 2. The highest BCUT2D eigenvalue weighted by Crippen LogP contribution is 2.38. The number of aromatic nitrogens is 1. The predicted molar refractivity (Wildman–Crippen MR) is 175 cm³/mol. The molecule has 238 valence electrons. The molecule has 2 aromatic carbocycles. The summed E-state index contributed by atoms with van der Waals surface area (Å²) in [5.41, 5.74) is 1.94. The van der Waals surface area contributed by atoms with Crippen LogP contribution in [0.3, 0.4) is 0 Å². The van der Waals surface area contributed by atoms with E-state index in [-0.39, 0.29) is 24.7 Å². The predicted octanol–water partition coefficient (Wildman–Crippen LogP) is 4.36. The van der Waals surface area contributed by atoms with Crippen molar-refractivity contribution >= 4 is 45.2 Å². The van der Waals surface area contributed by atoms with Crippen LogP contribution in [0.15, 0.2) is 61.9 Å². The monoisotopic (exact) mass is 697 g/mol. The summed E-state index contributed by atoms with van der Waals surface area (Å²) in [4.78, 5) is 47.2. The first-order valence-corrected chi connectivity index (χ1v) is 16.5. The number of methoxy groups -OCH3 is 2.